The van der Waals surface area contributed by atoms with Gasteiger partial charge in [0.25, 0.3) is 0 Å². The Balaban J connectivity index is 1.75. The van der Waals surface area contributed by atoms with Gasteiger partial charge in [-0.1, -0.05) is 42.5 Å². The monoisotopic (exact) mass is 362 g/mol. The van der Waals surface area contributed by atoms with Crippen LogP contribution in [0.15, 0.2) is 72.7 Å². The van der Waals surface area contributed by atoms with Crippen molar-refractivity contribution in [3.63, 3.8) is 0 Å². The van der Waals surface area contributed by atoms with E-state index in [1.54, 1.807) is 12.4 Å². The predicted octanol–water partition coefficient (Wildman–Crippen LogP) is 3.68. The van der Waals surface area contributed by atoms with Crippen LogP contribution in [0.4, 0.5) is 4.79 Å². The molecule has 0 radical (unpaired) electrons. The summed E-state index contributed by atoms with van der Waals surface area (Å²) in [7, 11) is 1.25. The Labute approximate surface area is 156 Å². The van der Waals surface area contributed by atoms with Crippen molar-refractivity contribution in [3.8, 4) is 0 Å². The lowest BCUT2D eigenvalue weighted by atomic mass is 10.1. The maximum Gasteiger partial charge on any atom is 0.412 e. The lowest BCUT2D eigenvalue weighted by Gasteiger charge is -2.09. The zero-order valence-corrected chi connectivity index (χ0v) is 14.7. The summed E-state index contributed by atoms with van der Waals surface area (Å²) in [6, 6.07) is 16.8. The molecule has 3 rings (SSSR count). The molecular weight excluding hydrogens is 344 g/mol. The van der Waals surface area contributed by atoms with Crippen molar-refractivity contribution in [2.45, 2.75) is 6.61 Å². The lowest BCUT2D eigenvalue weighted by molar-refractivity contribution is -0.136. The molecule has 1 heterocycles. The standard InChI is InChI=1S/C21H18N2O4/c1-26-20(24)19(23-21(25)27-14-15-5-3-2-4-6-15)12-16-7-8-17-9-10-22-13-18(17)11-16/h2-13H,14H2,1H3,(H,23,25)/b19-12-. The van der Waals surface area contributed by atoms with Crippen LogP contribution in [0.3, 0.4) is 0 Å². The van der Waals surface area contributed by atoms with E-state index in [1.807, 2.05) is 54.6 Å². The first-order valence-electron chi connectivity index (χ1n) is 8.27. The number of methoxy groups -OCH3 is 1. The molecule has 0 aliphatic carbocycles. The number of nitrogens with one attached hydrogen (secondary N) is 1. The summed E-state index contributed by atoms with van der Waals surface area (Å²) < 4.78 is 9.90. The molecule has 0 saturated heterocycles. The number of rotatable bonds is 5. The number of carbonyl (C=O) groups excluding carboxylic acids is 2. The third kappa shape index (κ3) is 4.92. The van der Waals surface area contributed by atoms with Crippen LogP contribution in [0.5, 0.6) is 0 Å². The Morgan fingerprint density at radius 2 is 1.89 bits per heavy atom. The number of nitrogens with zero attached hydrogens (tertiary/aromatic N) is 1. The number of fused-ring (bicyclic) bond motifs is 1. The van der Waals surface area contributed by atoms with E-state index in [2.05, 4.69) is 10.3 Å². The highest BCUT2D eigenvalue weighted by molar-refractivity contribution is 5.97. The Morgan fingerprint density at radius 3 is 2.67 bits per heavy atom. The number of benzene rings is 2. The van der Waals surface area contributed by atoms with Crippen LogP contribution >= 0.6 is 0 Å². The molecule has 1 N–H and O–H groups in total. The van der Waals surface area contributed by atoms with Crippen molar-refractivity contribution in [1.82, 2.24) is 10.3 Å². The Kier molecular flexibility index (Phi) is 5.79. The molecule has 0 saturated carbocycles. The molecule has 0 fully saturated rings. The van der Waals surface area contributed by atoms with Crippen molar-refractivity contribution in [3.05, 3.63) is 83.8 Å². The van der Waals surface area contributed by atoms with Gasteiger partial charge in [-0.3, -0.25) is 10.3 Å². The van der Waals surface area contributed by atoms with Gasteiger partial charge in [0.2, 0.25) is 0 Å². The molecule has 2 aromatic carbocycles. The van der Waals surface area contributed by atoms with Gasteiger partial charge >= 0.3 is 12.1 Å². The fourth-order valence-corrected chi connectivity index (χ4v) is 2.49. The second-order valence-corrected chi connectivity index (χ2v) is 5.72. The summed E-state index contributed by atoms with van der Waals surface area (Å²) in [6.07, 6.45) is 4.23. The van der Waals surface area contributed by atoms with Crippen LogP contribution in [0.1, 0.15) is 11.1 Å². The summed E-state index contributed by atoms with van der Waals surface area (Å²) in [6.45, 7) is 0.1000. The summed E-state index contributed by atoms with van der Waals surface area (Å²) in [5.41, 5.74) is 1.55. The van der Waals surface area contributed by atoms with E-state index in [-0.39, 0.29) is 12.3 Å². The smallest absolute Gasteiger partial charge is 0.412 e. The van der Waals surface area contributed by atoms with Crippen LogP contribution in [-0.4, -0.2) is 24.2 Å². The molecule has 6 heteroatoms. The van der Waals surface area contributed by atoms with E-state index in [1.165, 1.54) is 13.2 Å². The van der Waals surface area contributed by atoms with Gasteiger partial charge in [-0.25, -0.2) is 9.59 Å². The van der Waals surface area contributed by atoms with Gasteiger partial charge in [0.15, 0.2) is 0 Å². The minimum Gasteiger partial charge on any atom is -0.464 e. The molecule has 0 atom stereocenters. The van der Waals surface area contributed by atoms with Crippen LogP contribution in [-0.2, 0) is 20.9 Å². The number of hydrogen-bond acceptors (Lipinski definition) is 5. The summed E-state index contributed by atoms with van der Waals surface area (Å²) in [5.74, 6) is -0.669. The molecule has 0 bridgehead atoms. The van der Waals surface area contributed by atoms with Gasteiger partial charge in [0.05, 0.1) is 7.11 Å². The highest BCUT2D eigenvalue weighted by Crippen LogP contribution is 2.16. The number of esters is 1. The van der Waals surface area contributed by atoms with Crippen LogP contribution in [0.2, 0.25) is 0 Å². The number of alkyl carbamates (subject to hydrolysis) is 1. The van der Waals surface area contributed by atoms with E-state index in [4.69, 9.17) is 9.47 Å². The topological polar surface area (TPSA) is 77.5 Å². The van der Waals surface area contributed by atoms with Crippen molar-refractivity contribution < 1.29 is 19.1 Å². The first-order chi connectivity index (χ1) is 13.2. The maximum absolute atomic E-state index is 12.1. The van der Waals surface area contributed by atoms with Gasteiger partial charge in [-0.05, 0) is 34.7 Å². The van der Waals surface area contributed by atoms with Crippen molar-refractivity contribution in [2.24, 2.45) is 0 Å². The number of amides is 1. The SMILES string of the molecule is COC(=O)/C(=C/c1ccc2ccncc2c1)NC(=O)OCc1ccccc1. The van der Waals surface area contributed by atoms with E-state index in [0.29, 0.717) is 0 Å². The first kappa shape index (κ1) is 18.1. The third-order valence-electron chi connectivity index (χ3n) is 3.83. The Hall–Kier alpha value is -3.67. The maximum atomic E-state index is 12.1. The molecule has 0 aliphatic heterocycles. The Morgan fingerprint density at radius 1 is 1.07 bits per heavy atom. The molecule has 136 valence electrons. The van der Waals surface area contributed by atoms with Gasteiger partial charge in [0.1, 0.15) is 12.3 Å². The minimum absolute atomic E-state index is 0.0150. The van der Waals surface area contributed by atoms with Crippen molar-refractivity contribution >= 4 is 28.9 Å². The molecule has 3 aromatic rings. The molecule has 6 nitrogen and oxygen atoms in total. The predicted molar refractivity (Wildman–Crippen MR) is 101 cm³/mol. The van der Waals surface area contributed by atoms with Gasteiger partial charge in [0, 0.05) is 17.8 Å². The van der Waals surface area contributed by atoms with E-state index in [0.717, 1.165) is 21.9 Å². The summed E-state index contributed by atoms with van der Waals surface area (Å²) >= 11 is 0. The summed E-state index contributed by atoms with van der Waals surface area (Å²) in [5, 5.41) is 4.39. The first-order valence-corrected chi connectivity index (χ1v) is 8.27. The van der Waals surface area contributed by atoms with E-state index in [9.17, 15) is 9.59 Å². The zero-order valence-electron chi connectivity index (χ0n) is 14.7. The van der Waals surface area contributed by atoms with Gasteiger partial charge in [-0.2, -0.15) is 0 Å². The van der Waals surface area contributed by atoms with Crippen LogP contribution in [0, 0.1) is 0 Å². The summed E-state index contributed by atoms with van der Waals surface area (Å²) in [4.78, 5) is 28.2. The fourth-order valence-electron chi connectivity index (χ4n) is 2.49. The average molecular weight is 362 g/mol. The van der Waals surface area contributed by atoms with E-state index < -0.39 is 12.1 Å². The number of hydrogen-bond donors (Lipinski definition) is 1. The molecule has 0 spiro atoms. The normalized spacial score (nSPS) is 11.1. The molecule has 1 aromatic heterocycles. The Bertz CT molecular complexity index is 984. The number of carbonyl (C=O) groups is 2. The van der Waals surface area contributed by atoms with Crippen molar-refractivity contribution in [1.29, 1.82) is 0 Å². The number of ether oxygens (including phenoxy) is 2. The van der Waals surface area contributed by atoms with E-state index >= 15 is 0 Å². The highest BCUT2D eigenvalue weighted by atomic mass is 16.6. The number of pyridine rings is 1. The second-order valence-electron chi connectivity index (χ2n) is 5.72. The molecular formula is C21H18N2O4. The minimum atomic E-state index is -0.738. The molecule has 0 unspecified atom stereocenters. The second kappa shape index (κ2) is 8.62. The fraction of sp³-hybridized carbons (Fsp3) is 0.0952. The average Bonchev–Trinajstić information content (AvgIpc) is 2.72. The molecule has 0 aliphatic rings. The lowest BCUT2D eigenvalue weighted by Crippen LogP contribution is -2.28. The largest absolute Gasteiger partial charge is 0.464 e. The van der Waals surface area contributed by atoms with Crippen molar-refractivity contribution in [2.75, 3.05) is 7.11 Å². The zero-order chi connectivity index (χ0) is 19.1. The van der Waals surface area contributed by atoms with Crippen LogP contribution in [0.25, 0.3) is 16.8 Å². The van der Waals surface area contributed by atoms with Gasteiger partial charge < -0.3 is 9.47 Å². The van der Waals surface area contributed by atoms with Gasteiger partial charge in [-0.15, -0.1) is 0 Å². The van der Waals surface area contributed by atoms with Crippen LogP contribution < -0.4 is 5.32 Å². The molecule has 27 heavy (non-hydrogen) atoms. The highest BCUT2D eigenvalue weighted by Gasteiger charge is 2.14. The molecule has 1 amide bonds. The number of aromatic nitrogens is 1. The third-order valence-corrected chi connectivity index (χ3v) is 3.83. The quantitative estimate of drug-likeness (QED) is 0.553.